The first-order valence-corrected chi connectivity index (χ1v) is 13.0. The lowest BCUT2D eigenvalue weighted by molar-refractivity contribution is -0.174. The first-order valence-electron chi connectivity index (χ1n) is 12.7. The van der Waals surface area contributed by atoms with Crippen molar-refractivity contribution in [2.75, 3.05) is 0 Å². The van der Waals surface area contributed by atoms with Crippen molar-refractivity contribution in [3.8, 4) is 6.07 Å². The maximum atomic E-state index is 13.9. The molecule has 3 aromatic carbocycles. The van der Waals surface area contributed by atoms with Gasteiger partial charge in [-0.3, -0.25) is 9.59 Å². The molecule has 1 saturated heterocycles. The number of aliphatic carboxylic acids is 2. The van der Waals surface area contributed by atoms with E-state index in [4.69, 9.17) is 11.6 Å². The molecule has 0 aromatic heterocycles. The maximum Gasteiger partial charge on any atom is 0.312 e. The number of hydrogen-bond donors (Lipinski definition) is 3. The van der Waals surface area contributed by atoms with Gasteiger partial charge in [0.05, 0.1) is 11.5 Å². The third-order valence-electron chi connectivity index (χ3n) is 8.33. The van der Waals surface area contributed by atoms with Crippen LogP contribution in [-0.4, -0.2) is 34.2 Å². The van der Waals surface area contributed by atoms with Crippen molar-refractivity contribution >= 4 is 23.5 Å². The highest BCUT2D eigenvalue weighted by molar-refractivity contribution is 6.30. The summed E-state index contributed by atoms with van der Waals surface area (Å²) in [5, 5.41) is 35.6. The van der Waals surface area contributed by atoms with Gasteiger partial charge in [0.1, 0.15) is 5.41 Å². The van der Waals surface area contributed by atoms with E-state index in [1.165, 1.54) is 0 Å². The minimum absolute atomic E-state index is 0.0256. The lowest BCUT2D eigenvalue weighted by Crippen LogP contribution is -2.71. The Labute approximate surface area is 227 Å². The average molecular weight is 531 g/mol. The second-order valence-corrected chi connectivity index (χ2v) is 10.5. The monoisotopic (exact) mass is 530 g/mol. The van der Waals surface area contributed by atoms with Crippen LogP contribution in [0.1, 0.15) is 55.2 Å². The molecule has 3 N–H and O–H groups in total. The molecule has 1 aliphatic rings. The molecule has 1 heterocycles. The minimum atomic E-state index is -1.67. The van der Waals surface area contributed by atoms with Crippen LogP contribution in [-0.2, 0) is 9.59 Å². The number of hydrogen-bond acceptors (Lipinski definition) is 4. The average Bonchev–Trinajstić information content (AvgIpc) is 2.90. The standard InChI is InChI=1S/C31H31ClN2O4/c1-20-30(28(35)36,17-10-18-33)27(24-15-9-16-25(32)19-24)31(29(37)38,21(2)34-20)26(22-11-5-3-6-12-22)23-13-7-4-8-14-23/h3-9,11-16,19-21,26-27,34H,10,17H2,1-2H3,(H,35,36)(H,37,38). The van der Waals surface area contributed by atoms with E-state index in [9.17, 15) is 25.1 Å². The number of nitrogens with one attached hydrogen (secondary N) is 1. The summed E-state index contributed by atoms with van der Waals surface area (Å²) in [6.07, 6.45) is -0.0664. The van der Waals surface area contributed by atoms with Gasteiger partial charge in [0, 0.05) is 35.4 Å². The van der Waals surface area contributed by atoms with Gasteiger partial charge in [0.25, 0.3) is 0 Å². The highest BCUT2D eigenvalue weighted by Gasteiger charge is 2.69. The van der Waals surface area contributed by atoms with Crippen molar-refractivity contribution in [2.45, 2.75) is 50.6 Å². The zero-order chi connectivity index (χ0) is 27.5. The predicted octanol–water partition coefficient (Wildman–Crippen LogP) is 6.08. The minimum Gasteiger partial charge on any atom is -0.481 e. The first-order chi connectivity index (χ1) is 18.2. The summed E-state index contributed by atoms with van der Waals surface area (Å²) < 4.78 is 0. The van der Waals surface area contributed by atoms with Gasteiger partial charge in [-0.15, -0.1) is 0 Å². The molecule has 38 heavy (non-hydrogen) atoms. The van der Waals surface area contributed by atoms with Gasteiger partial charge in [0.15, 0.2) is 0 Å². The topological polar surface area (TPSA) is 110 Å². The van der Waals surface area contributed by atoms with E-state index < -0.39 is 46.7 Å². The van der Waals surface area contributed by atoms with Gasteiger partial charge in [-0.1, -0.05) is 84.4 Å². The Morgan fingerprint density at radius 3 is 1.97 bits per heavy atom. The number of piperidine rings is 1. The largest absolute Gasteiger partial charge is 0.481 e. The molecule has 196 valence electrons. The van der Waals surface area contributed by atoms with Crippen molar-refractivity contribution in [3.05, 3.63) is 107 Å². The molecule has 1 fully saturated rings. The summed E-state index contributed by atoms with van der Waals surface area (Å²) in [4.78, 5) is 27.3. The van der Waals surface area contributed by atoms with E-state index in [0.717, 1.165) is 11.1 Å². The summed E-state index contributed by atoms with van der Waals surface area (Å²) in [7, 11) is 0. The summed E-state index contributed by atoms with van der Waals surface area (Å²) in [6, 6.07) is 26.4. The third-order valence-corrected chi connectivity index (χ3v) is 8.56. The van der Waals surface area contributed by atoms with Crippen LogP contribution in [0.25, 0.3) is 0 Å². The molecule has 0 saturated carbocycles. The van der Waals surface area contributed by atoms with Crippen molar-refractivity contribution in [1.82, 2.24) is 5.32 Å². The van der Waals surface area contributed by atoms with Crippen LogP contribution < -0.4 is 5.32 Å². The number of benzene rings is 3. The number of carbonyl (C=O) groups is 2. The van der Waals surface area contributed by atoms with Gasteiger partial charge < -0.3 is 15.5 Å². The molecule has 0 bridgehead atoms. The molecule has 3 aromatic rings. The van der Waals surface area contributed by atoms with Gasteiger partial charge >= 0.3 is 11.9 Å². The molecular formula is C31H31ClN2O4. The lowest BCUT2D eigenvalue weighted by atomic mass is 9.46. The van der Waals surface area contributed by atoms with E-state index in [-0.39, 0.29) is 12.8 Å². The van der Waals surface area contributed by atoms with Crippen LogP contribution in [0.4, 0.5) is 0 Å². The molecular weight excluding hydrogens is 500 g/mol. The summed E-state index contributed by atoms with van der Waals surface area (Å²) >= 11 is 6.44. The summed E-state index contributed by atoms with van der Waals surface area (Å²) in [5.41, 5.74) is -1.25. The number of nitrogens with zero attached hydrogens (tertiary/aromatic N) is 1. The van der Waals surface area contributed by atoms with Crippen LogP contribution >= 0.6 is 11.6 Å². The van der Waals surface area contributed by atoms with Gasteiger partial charge in [-0.25, -0.2) is 0 Å². The Kier molecular flexibility index (Phi) is 7.91. The van der Waals surface area contributed by atoms with Gasteiger partial charge in [-0.05, 0) is 49.1 Å². The van der Waals surface area contributed by atoms with E-state index in [2.05, 4.69) is 11.4 Å². The van der Waals surface area contributed by atoms with Crippen LogP contribution in [0.3, 0.4) is 0 Å². The molecule has 0 spiro atoms. The van der Waals surface area contributed by atoms with Gasteiger partial charge in [0.2, 0.25) is 0 Å². The fraction of sp³-hybridized carbons (Fsp3) is 0.323. The highest BCUT2D eigenvalue weighted by Crippen LogP contribution is 2.63. The molecule has 6 nitrogen and oxygen atoms in total. The fourth-order valence-corrected chi connectivity index (χ4v) is 6.97. The molecule has 5 unspecified atom stereocenters. The predicted molar refractivity (Wildman–Crippen MR) is 146 cm³/mol. The molecule has 0 amide bonds. The Morgan fingerprint density at radius 2 is 1.50 bits per heavy atom. The Balaban J connectivity index is 2.18. The molecule has 1 aliphatic heterocycles. The van der Waals surface area contributed by atoms with Crippen LogP contribution in [0.5, 0.6) is 0 Å². The zero-order valence-corrected chi connectivity index (χ0v) is 22.1. The normalized spacial score (nSPS) is 27.0. The van der Waals surface area contributed by atoms with Gasteiger partial charge in [-0.2, -0.15) is 5.26 Å². The third kappa shape index (κ3) is 4.36. The highest BCUT2D eigenvalue weighted by atomic mass is 35.5. The van der Waals surface area contributed by atoms with Crippen LogP contribution in [0.15, 0.2) is 84.9 Å². The molecule has 7 heteroatoms. The zero-order valence-electron chi connectivity index (χ0n) is 21.3. The number of nitriles is 1. The second kappa shape index (κ2) is 11.0. The Morgan fingerprint density at radius 1 is 0.921 bits per heavy atom. The SMILES string of the molecule is CC1NC(C)C(C(=O)O)(C(c2ccccc2)c2ccccc2)C(c2cccc(Cl)c2)C1(CCC#N)C(=O)O. The van der Waals surface area contributed by atoms with E-state index in [0.29, 0.717) is 10.6 Å². The van der Waals surface area contributed by atoms with Crippen molar-refractivity contribution in [2.24, 2.45) is 10.8 Å². The smallest absolute Gasteiger partial charge is 0.312 e. The first kappa shape index (κ1) is 27.4. The van der Waals surface area contributed by atoms with Crippen molar-refractivity contribution in [3.63, 3.8) is 0 Å². The summed E-state index contributed by atoms with van der Waals surface area (Å²) in [5.74, 6) is -4.01. The van der Waals surface area contributed by atoms with Crippen molar-refractivity contribution < 1.29 is 19.8 Å². The second-order valence-electron chi connectivity index (χ2n) is 10.1. The van der Waals surface area contributed by atoms with Crippen molar-refractivity contribution in [1.29, 1.82) is 5.26 Å². The number of halogens is 1. The summed E-state index contributed by atoms with van der Waals surface area (Å²) in [6.45, 7) is 3.59. The fourth-order valence-electron chi connectivity index (χ4n) is 6.77. The van der Waals surface area contributed by atoms with Crippen LogP contribution in [0, 0.1) is 22.2 Å². The van der Waals surface area contributed by atoms with Crippen LogP contribution in [0.2, 0.25) is 5.02 Å². The number of rotatable bonds is 8. The van der Waals surface area contributed by atoms with E-state index in [1.807, 2.05) is 67.6 Å². The van der Waals surface area contributed by atoms with E-state index in [1.54, 1.807) is 31.2 Å². The molecule has 5 atom stereocenters. The number of carboxylic acids is 2. The molecule has 4 rings (SSSR count). The van der Waals surface area contributed by atoms with E-state index >= 15 is 0 Å². The molecule has 0 aliphatic carbocycles. The maximum absolute atomic E-state index is 13.9. The number of carboxylic acid groups (broad SMARTS) is 2. The Bertz CT molecular complexity index is 1300. The molecule has 0 radical (unpaired) electrons. The Hall–Kier alpha value is -3.66. The quantitative estimate of drug-likeness (QED) is 0.325. The lowest BCUT2D eigenvalue weighted by Gasteiger charge is -2.59.